The molecule has 2 aromatic carbocycles. The van der Waals surface area contributed by atoms with Crippen molar-refractivity contribution in [1.82, 2.24) is 20.2 Å². The van der Waals surface area contributed by atoms with Crippen LogP contribution < -0.4 is 10.1 Å². The van der Waals surface area contributed by atoms with Crippen LogP contribution in [0, 0.1) is 0 Å². The molecule has 10 heteroatoms. The number of piperazine rings is 1. The van der Waals surface area contributed by atoms with Gasteiger partial charge in [-0.05, 0) is 55.2 Å². The lowest BCUT2D eigenvalue weighted by molar-refractivity contribution is -0.137. The van der Waals surface area contributed by atoms with E-state index in [1.165, 1.54) is 12.1 Å². The summed E-state index contributed by atoms with van der Waals surface area (Å²) in [5.74, 6) is 0.491. The minimum absolute atomic E-state index is 0. The van der Waals surface area contributed by atoms with Gasteiger partial charge in [0, 0.05) is 26.2 Å². The molecule has 3 aromatic rings. The maximum atomic E-state index is 12.8. The predicted octanol–water partition coefficient (Wildman–Crippen LogP) is 4.45. The quantitative estimate of drug-likeness (QED) is 0.488. The Bertz CT molecular complexity index is 1080. The zero-order valence-electron chi connectivity index (χ0n) is 18.0. The molecule has 0 bridgehead atoms. The topological polar surface area (TPSA) is 70.2 Å². The minimum atomic E-state index is -4.37. The summed E-state index contributed by atoms with van der Waals surface area (Å²) >= 11 is 0. The standard InChI is InChI=1S/C23H25F3N4O2.ClH/c24-23(25,26)17-5-3-6-18(15-17)32-13-2-1-4-16-7-8-19-20(14-16)29-21(28-19)22(31)30-11-9-27-10-12-30;/h3,5-8,14-15,27H,1-2,4,9-13H2,(H,28,29);1H. The Kier molecular flexibility index (Phi) is 8.20. The average Bonchev–Trinajstić information content (AvgIpc) is 3.22. The third kappa shape index (κ3) is 6.39. The number of nitrogens with one attached hydrogen (secondary N) is 2. The third-order valence-electron chi connectivity index (χ3n) is 5.44. The van der Waals surface area contributed by atoms with E-state index in [-0.39, 0.29) is 24.1 Å². The number of carbonyl (C=O) groups is 1. The van der Waals surface area contributed by atoms with E-state index in [1.807, 2.05) is 18.2 Å². The Labute approximate surface area is 195 Å². The molecular weight excluding hydrogens is 457 g/mol. The zero-order chi connectivity index (χ0) is 22.6. The second kappa shape index (κ2) is 10.9. The highest BCUT2D eigenvalue weighted by atomic mass is 35.5. The summed E-state index contributed by atoms with van der Waals surface area (Å²) in [6, 6.07) is 10.8. The highest BCUT2D eigenvalue weighted by Gasteiger charge is 2.30. The van der Waals surface area contributed by atoms with Gasteiger partial charge in [-0.3, -0.25) is 4.79 Å². The number of ether oxygens (including phenoxy) is 1. The van der Waals surface area contributed by atoms with Crippen molar-refractivity contribution in [3.05, 3.63) is 59.4 Å². The number of hydrogen-bond donors (Lipinski definition) is 2. The second-order valence-electron chi connectivity index (χ2n) is 7.81. The lowest BCUT2D eigenvalue weighted by Crippen LogP contribution is -2.46. The highest BCUT2D eigenvalue weighted by Crippen LogP contribution is 2.31. The van der Waals surface area contributed by atoms with Gasteiger partial charge in [-0.15, -0.1) is 12.4 Å². The first-order valence-corrected chi connectivity index (χ1v) is 10.7. The lowest BCUT2D eigenvalue weighted by atomic mass is 10.1. The van der Waals surface area contributed by atoms with Crippen molar-refractivity contribution in [1.29, 1.82) is 0 Å². The number of alkyl halides is 3. The number of carbonyl (C=O) groups excluding carboxylic acids is 1. The van der Waals surface area contributed by atoms with Crippen molar-refractivity contribution in [2.45, 2.75) is 25.4 Å². The fourth-order valence-electron chi connectivity index (χ4n) is 3.71. The van der Waals surface area contributed by atoms with E-state index in [4.69, 9.17) is 4.74 Å². The first-order chi connectivity index (χ1) is 15.4. The lowest BCUT2D eigenvalue weighted by Gasteiger charge is -2.26. The molecular formula is C23H26ClF3N4O2. The zero-order valence-corrected chi connectivity index (χ0v) is 18.8. The largest absolute Gasteiger partial charge is 0.494 e. The summed E-state index contributed by atoms with van der Waals surface area (Å²) in [4.78, 5) is 22.0. The Hall–Kier alpha value is -2.78. The SMILES string of the molecule is Cl.O=C(c1nc2ccc(CCCCOc3cccc(C(F)(F)F)c3)cc2[nH]1)N1CCNCC1. The van der Waals surface area contributed by atoms with E-state index in [0.717, 1.165) is 54.7 Å². The van der Waals surface area contributed by atoms with Crippen molar-refractivity contribution >= 4 is 29.3 Å². The molecule has 33 heavy (non-hydrogen) atoms. The monoisotopic (exact) mass is 482 g/mol. The molecule has 4 rings (SSSR count). The second-order valence-corrected chi connectivity index (χ2v) is 7.81. The summed E-state index contributed by atoms with van der Waals surface area (Å²) in [6.07, 6.45) is -2.04. The van der Waals surface area contributed by atoms with Crippen LogP contribution in [-0.4, -0.2) is 53.6 Å². The van der Waals surface area contributed by atoms with Gasteiger partial charge >= 0.3 is 6.18 Å². The molecule has 1 fully saturated rings. The number of aromatic amines is 1. The highest BCUT2D eigenvalue weighted by molar-refractivity contribution is 5.94. The molecule has 0 saturated carbocycles. The number of hydrogen-bond acceptors (Lipinski definition) is 4. The Morgan fingerprint density at radius 3 is 2.64 bits per heavy atom. The van der Waals surface area contributed by atoms with Gasteiger partial charge in [-0.2, -0.15) is 13.2 Å². The van der Waals surface area contributed by atoms with Crippen LogP contribution in [0.1, 0.15) is 34.6 Å². The van der Waals surface area contributed by atoms with Crippen LogP contribution in [0.5, 0.6) is 5.75 Å². The number of imidazole rings is 1. The number of nitrogens with zero attached hydrogens (tertiary/aromatic N) is 2. The first kappa shape index (κ1) is 24.9. The molecule has 6 nitrogen and oxygen atoms in total. The maximum Gasteiger partial charge on any atom is 0.416 e. The number of unbranched alkanes of at least 4 members (excludes halogenated alkanes) is 1. The van der Waals surface area contributed by atoms with Crippen LogP contribution in [0.2, 0.25) is 0 Å². The van der Waals surface area contributed by atoms with Crippen molar-refractivity contribution in [2.75, 3.05) is 32.8 Å². The summed E-state index contributed by atoms with van der Waals surface area (Å²) in [7, 11) is 0. The van der Waals surface area contributed by atoms with E-state index in [0.29, 0.717) is 31.9 Å². The molecule has 178 valence electrons. The molecule has 0 atom stereocenters. The van der Waals surface area contributed by atoms with Gasteiger partial charge in [0.05, 0.1) is 23.2 Å². The van der Waals surface area contributed by atoms with E-state index < -0.39 is 11.7 Å². The van der Waals surface area contributed by atoms with E-state index in [9.17, 15) is 18.0 Å². The molecule has 0 spiro atoms. The molecule has 1 aromatic heterocycles. The molecule has 2 N–H and O–H groups in total. The first-order valence-electron chi connectivity index (χ1n) is 10.7. The minimum Gasteiger partial charge on any atom is -0.494 e. The predicted molar refractivity (Wildman–Crippen MR) is 122 cm³/mol. The Balaban J connectivity index is 0.00000306. The van der Waals surface area contributed by atoms with Crippen LogP contribution in [0.3, 0.4) is 0 Å². The summed E-state index contributed by atoms with van der Waals surface area (Å²) in [5.41, 5.74) is 1.96. The van der Waals surface area contributed by atoms with Gasteiger partial charge in [0.15, 0.2) is 5.82 Å². The third-order valence-corrected chi connectivity index (χ3v) is 5.44. The van der Waals surface area contributed by atoms with Crippen molar-refractivity contribution in [3.8, 4) is 5.75 Å². The normalized spacial score (nSPS) is 14.2. The van der Waals surface area contributed by atoms with Gasteiger partial charge < -0.3 is 19.9 Å². The molecule has 1 saturated heterocycles. The van der Waals surface area contributed by atoms with Gasteiger partial charge in [0.1, 0.15) is 5.75 Å². The smallest absolute Gasteiger partial charge is 0.416 e. The van der Waals surface area contributed by atoms with Crippen molar-refractivity contribution in [2.24, 2.45) is 0 Å². The van der Waals surface area contributed by atoms with E-state index in [2.05, 4.69) is 15.3 Å². The summed E-state index contributed by atoms with van der Waals surface area (Å²) in [5, 5.41) is 3.22. The summed E-state index contributed by atoms with van der Waals surface area (Å²) in [6.45, 7) is 3.26. The fraction of sp³-hybridized carbons (Fsp3) is 0.391. The number of benzene rings is 2. The molecule has 1 amide bonds. The number of halogens is 4. The van der Waals surface area contributed by atoms with Gasteiger partial charge in [-0.25, -0.2) is 4.98 Å². The molecule has 0 radical (unpaired) electrons. The number of H-pyrrole nitrogens is 1. The maximum absolute atomic E-state index is 12.8. The molecule has 0 unspecified atom stereocenters. The van der Waals surface area contributed by atoms with E-state index in [1.54, 1.807) is 4.90 Å². The van der Waals surface area contributed by atoms with Crippen LogP contribution in [0.15, 0.2) is 42.5 Å². The number of aryl methyl sites for hydroxylation is 1. The number of fused-ring (bicyclic) bond motifs is 1. The summed E-state index contributed by atoms with van der Waals surface area (Å²) < 4.78 is 43.8. The van der Waals surface area contributed by atoms with Crippen molar-refractivity contribution < 1.29 is 22.7 Å². The van der Waals surface area contributed by atoms with Crippen LogP contribution in [0.25, 0.3) is 11.0 Å². The number of aromatic nitrogens is 2. The van der Waals surface area contributed by atoms with Crippen molar-refractivity contribution in [3.63, 3.8) is 0 Å². The van der Waals surface area contributed by atoms with Crippen LogP contribution in [0.4, 0.5) is 13.2 Å². The number of amides is 1. The van der Waals surface area contributed by atoms with Gasteiger partial charge in [0.25, 0.3) is 5.91 Å². The van der Waals surface area contributed by atoms with E-state index >= 15 is 0 Å². The molecule has 0 aliphatic carbocycles. The number of rotatable bonds is 7. The molecule has 1 aliphatic rings. The average molecular weight is 483 g/mol. The van der Waals surface area contributed by atoms with Gasteiger partial charge in [-0.1, -0.05) is 12.1 Å². The Morgan fingerprint density at radius 1 is 1.09 bits per heavy atom. The molecule has 1 aliphatic heterocycles. The van der Waals surface area contributed by atoms with Crippen LogP contribution >= 0.6 is 12.4 Å². The fourth-order valence-corrected chi connectivity index (χ4v) is 3.71. The van der Waals surface area contributed by atoms with Gasteiger partial charge in [0.2, 0.25) is 0 Å². The van der Waals surface area contributed by atoms with Crippen LogP contribution in [-0.2, 0) is 12.6 Å². The Morgan fingerprint density at radius 2 is 1.88 bits per heavy atom. The molecule has 2 heterocycles.